The summed E-state index contributed by atoms with van der Waals surface area (Å²) >= 11 is 0. The molecule has 0 aromatic heterocycles. The van der Waals surface area contributed by atoms with E-state index in [2.05, 4.69) is 45.0 Å². The van der Waals surface area contributed by atoms with Crippen LogP contribution in [0.15, 0.2) is 24.3 Å². The van der Waals surface area contributed by atoms with Gasteiger partial charge in [-0.05, 0) is 23.0 Å². The summed E-state index contributed by atoms with van der Waals surface area (Å²) in [5, 5.41) is 8.72. The SMILES string of the molecule is CN(Cc1ccc(C(C)(C)C)cc1)C(=O)CCCO. The summed E-state index contributed by atoms with van der Waals surface area (Å²) in [5.41, 5.74) is 2.58. The predicted octanol–water partition coefficient (Wildman–Crippen LogP) is 2.72. The molecule has 0 aliphatic heterocycles. The summed E-state index contributed by atoms with van der Waals surface area (Å²) in [6.07, 6.45) is 0.944. The molecular weight excluding hydrogens is 238 g/mol. The lowest BCUT2D eigenvalue weighted by molar-refractivity contribution is -0.130. The molecule has 106 valence electrons. The van der Waals surface area contributed by atoms with Gasteiger partial charge in [-0.2, -0.15) is 0 Å². The first-order chi connectivity index (χ1) is 8.84. The van der Waals surface area contributed by atoms with Gasteiger partial charge in [-0.15, -0.1) is 0 Å². The maximum atomic E-state index is 11.7. The standard InChI is InChI=1S/C16H25NO2/c1-16(2,3)14-9-7-13(8-10-14)12-17(4)15(19)6-5-11-18/h7-10,18H,5-6,11-12H2,1-4H3. The Morgan fingerprint density at radius 2 is 1.79 bits per heavy atom. The van der Waals surface area contributed by atoms with Crippen LogP contribution in [0.25, 0.3) is 0 Å². The van der Waals surface area contributed by atoms with Crippen molar-refractivity contribution in [2.45, 2.75) is 45.6 Å². The van der Waals surface area contributed by atoms with Crippen LogP contribution >= 0.6 is 0 Å². The largest absolute Gasteiger partial charge is 0.396 e. The lowest BCUT2D eigenvalue weighted by Crippen LogP contribution is -2.26. The Balaban J connectivity index is 2.60. The third kappa shape index (κ3) is 5.03. The van der Waals surface area contributed by atoms with Gasteiger partial charge in [0.05, 0.1) is 0 Å². The number of hydrogen-bond acceptors (Lipinski definition) is 2. The van der Waals surface area contributed by atoms with Gasteiger partial charge in [0.15, 0.2) is 0 Å². The number of amides is 1. The Bertz CT molecular complexity index is 404. The van der Waals surface area contributed by atoms with Crippen LogP contribution < -0.4 is 0 Å². The van der Waals surface area contributed by atoms with E-state index < -0.39 is 0 Å². The van der Waals surface area contributed by atoms with Gasteiger partial charge in [0, 0.05) is 26.6 Å². The molecule has 1 amide bonds. The lowest BCUT2D eigenvalue weighted by Gasteiger charge is -2.21. The molecule has 1 aromatic carbocycles. The highest BCUT2D eigenvalue weighted by Crippen LogP contribution is 2.22. The van der Waals surface area contributed by atoms with Crippen LogP contribution in [0.2, 0.25) is 0 Å². The quantitative estimate of drug-likeness (QED) is 0.887. The number of rotatable bonds is 5. The minimum absolute atomic E-state index is 0.0693. The topological polar surface area (TPSA) is 40.5 Å². The van der Waals surface area contributed by atoms with Crippen LogP contribution in [0.5, 0.6) is 0 Å². The van der Waals surface area contributed by atoms with E-state index in [1.807, 2.05) is 0 Å². The highest BCUT2D eigenvalue weighted by atomic mass is 16.3. The Morgan fingerprint density at radius 3 is 2.26 bits per heavy atom. The number of carbonyl (C=O) groups excluding carboxylic acids is 1. The molecule has 0 saturated carbocycles. The monoisotopic (exact) mass is 263 g/mol. The molecule has 0 aliphatic carbocycles. The van der Waals surface area contributed by atoms with Crippen LogP contribution in [-0.2, 0) is 16.8 Å². The summed E-state index contributed by atoms with van der Waals surface area (Å²) in [5.74, 6) is 0.0777. The second-order valence-corrected chi connectivity index (χ2v) is 6.02. The average molecular weight is 263 g/mol. The number of benzene rings is 1. The molecule has 3 heteroatoms. The van der Waals surface area contributed by atoms with Crippen LogP contribution in [0.3, 0.4) is 0 Å². The molecule has 1 aromatic rings. The molecule has 1 N–H and O–H groups in total. The molecule has 0 bridgehead atoms. The molecule has 0 fully saturated rings. The number of carbonyl (C=O) groups is 1. The Kier molecular flexibility index (Phi) is 5.55. The van der Waals surface area contributed by atoms with Gasteiger partial charge in [-0.3, -0.25) is 4.79 Å². The molecule has 0 aliphatic rings. The number of nitrogens with zero attached hydrogens (tertiary/aromatic N) is 1. The van der Waals surface area contributed by atoms with Crippen LogP contribution in [-0.4, -0.2) is 29.6 Å². The maximum Gasteiger partial charge on any atom is 0.222 e. The minimum atomic E-state index is 0.0693. The lowest BCUT2D eigenvalue weighted by atomic mass is 9.87. The normalized spacial score (nSPS) is 11.4. The first-order valence-electron chi connectivity index (χ1n) is 6.79. The molecule has 1 rings (SSSR count). The van der Waals surface area contributed by atoms with Gasteiger partial charge >= 0.3 is 0 Å². The maximum absolute atomic E-state index is 11.7. The summed E-state index contributed by atoms with van der Waals surface area (Å²) in [6, 6.07) is 8.41. The highest BCUT2D eigenvalue weighted by molar-refractivity contribution is 5.75. The molecule has 3 nitrogen and oxygen atoms in total. The predicted molar refractivity (Wildman–Crippen MR) is 77.9 cm³/mol. The first kappa shape index (κ1) is 15.7. The fourth-order valence-corrected chi connectivity index (χ4v) is 1.89. The Morgan fingerprint density at radius 1 is 1.21 bits per heavy atom. The van der Waals surface area contributed by atoms with E-state index in [0.29, 0.717) is 19.4 Å². The zero-order chi connectivity index (χ0) is 14.5. The van der Waals surface area contributed by atoms with Crippen molar-refractivity contribution < 1.29 is 9.90 Å². The average Bonchev–Trinajstić information content (AvgIpc) is 2.35. The van der Waals surface area contributed by atoms with Crippen molar-refractivity contribution in [1.82, 2.24) is 4.90 Å². The molecular formula is C16H25NO2. The van der Waals surface area contributed by atoms with Crippen molar-refractivity contribution in [3.8, 4) is 0 Å². The second-order valence-electron chi connectivity index (χ2n) is 6.02. The number of aliphatic hydroxyl groups is 1. The third-order valence-electron chi connectivity index (χ3n) is 3.21. The molecule has 0 atom stereocenters. The molecule has 0 spiro atoms. The summed E-state index contributed by atoms with van der Waals surface area (Å²) in [6.45, 7) is 7.25. The van der Waals surface area contributed by atoms with Crippen molar-refractivity contribution in [3.05, 3.63) is 35.4 Å². The van der Waals surface area contributed by atoms with Crippen LogP contribution in [0.1, 0.15) is 44.7 Å². The van der Waals surface area contributed by atoms with Gasteiger partial charge in [0.25, 0.3) is 0 Å². The summed E-state index contributed by atoms with van der Waals surface area (Å²) < 4.78 is 0. The van der Waals surface area contributed by atoms with Crippen molar-refractivity contribution in [3.63, 3.8) is 0 Å². The van der Waals surface area contributed by atoms with Crippen LogP contribution in [0.4, 0.5) is 0 Å². The molecule has 0 unspecified atom stereocenters. The summed E-state index contributed by atoms with van der Waals surface area (Å²) in [4.78, 5) is 13.5. The zero-order valence-corrected chi connectivity index (χ0v) is 12.4. The molecule has 0 heterocycles. The fraction of sp³-hybridized carbons (Fsp3) is 0.562. The second kappa shape index (κ2) is 6.71. The number of aliphatic hydroxyl groups excluding tert-OH is 1. The van der Waals surface area contributed by atoms with Gasteiger partial charge in [-0.25, -0.2) is 0 Å². The Labute approximate surface area is 116 Å². The van der Waals surface area contributed by atoms with E-state index in [-0.39, 0.29) is 17.9 Å². The first-order valence-corrected chi connectivity index (χ1v) is 6.79. The smallest absolute Gasteiger partial charge is 0.222 e. The van der Waals surface area contributed by atoms with E-state index in [9.17, 15) is 4.79 Å². The molecule has 19 heavy (non-hydrogen) atoms. The highest BCUT2D eigenvalue weighted by Gasteiger charge is 2.13. The van der Waals surface area contributed by atoms with Gasteiger partial charge in [-0.1, -0.05) is 45.0 Å². The molecule has 0 saturated heterocycles. The zero-order valence-electron chi connectivity index (χ0n) is 12.4. The van der Waals surface area contributed by atoms with Gasteiger partial charge < -0.3 is 10.0 Å². The van der Waals surface area contributed by atoms with Crippen molar-refractivity contribution in [2.24, 2.45) is 0 Å². The van der Waals surface area contributed by atoms with Gasteiger partial charge in [0.1, 0.15) is 0 Å². The fourth-order valence-electron chi connectivity index (χ4n) is 1.89. The van der Waals surface area contributed by atoms with E-state index in [1.54, 1.807) is 11.9 Å². The Hall–Kier alpha value is -1.35. The van der Waals surface area contributed by atoms with E-state index in [0.717, 1.165) is 5.56 Å². The minimum Gasteiger partial charge on any atom is -0.396 e. The van der Waals surface area contributed by atoms with Crippen LogP contribution in [0, 0.1) is 0 Å². The molecule has 0 radical (unpaired) electrons. The van der Waals surface area contributed by atoms with E-state index in [4.69, 9.17) is 5.11 Å². The van der Waals surface area contributed by atoms with Crippen molar-refractivity contribution >= 4 is 5.91 Å². The van der Waals surface area contributed by atoms with Crippen molar-refractivity contribution in [1.29, 1.82) is 0 Å². The van der Waals surface area contributed by atoms with Gasteiger partial charge in [0.2, 0.25) is 5.91 Å². The van der Waals surface area contributed by atoms with Crippen molar-refractivity contribution in [2.75, 3.05) is 13.7 Å². The van der Waals surface area contributed by atoms with E-state index >= 15 is 0 Å². The third-order valence-corrected chi connectivity index (χ3v) is 3.21. The number of hydrogen-bond donors (Lipinski definition) is 1. The van der Waals surface area contributed by atoms with E-state index in [1.165, 1.54) is 5.56 Å². The summed E-state index contributed by atoms with van der Waals surface area (Å²) in [7, 11) is 1.80.